The van der Waals surface area contributed by atoms with E-state index >= 15 is 0 Å². The van der Waals surface area contributed by atoms with Crippen molar-refractivity contribution in [3.63, 3.8) is 0 Å². The molecule has 3 aromatic rings. The van der Waals surface area contributed by atoms with Gasteiger partial charge in [0.2, 0.25) is 5.89 Å². The lowest BCUT2D eigenvalue weighted by atomic mass is 10.1. The molecule has 1 aromatic heterocycles. The molecule has 8 nitrogen and oxygen atoms in total. The van der Waals surface area contributed by atoms with Crippen LogP contribution in [-0.2, 0) is 16.1 Å². The Morgan fingerprint density at radius 1 is 1.00 bits per heavy atom. The van der Waals surface area contributed by atoms with Crippen LogP contribution in [0.25, 0.3) is 11.5 Å². The molecule has 31 heavy (non-hydrogen) atoms. The Hall–Kier alpha value is -3.52. The first-order valence-electron chi connectivity index (χ1n) is 9.76. The zero-order chi connectivity index (χ0) is 21.7. The minimum absolute atomic E-state index is 0.208. The van der Waals surface area contributed by atoms with Gasteiger partial charge in [-0.25, -0.2) is 9.88 Å². The maximum atomic E-state index is 13.1. The SMILES string of the molecule is Cc1ccc(-c2nc(CN3N=N[C@@H]4C(=O)N(c5ccc(Cl)cc5)C(=O)[C@H]43)c(C)o2)cc1. The van der Waals surface area contributed by atoms with Gasteiger partial charge in [-0.2, -0.15) is 5.11 Å². The molecule has 2 aliphatic heterocycles. The molecular weight excluding hydrogens is 418 g/mol. The molecule has 0 radical (unpaired) electrons. The number of carbonyl (C=O) groups is 2. The van der Waals surface area contributed by atoms with Gasteiger partial charge in [0.05, 0.1) is 12.2 Å². The highest BCUT2D eigenvalue weighted by atomic mass is 35.5. The van der Waals surface area contributed by atoms with E-state index in [-0.39, 0.29) is 12.5 Å². The Bertz CT molecular complexity index is 1200. The molecule has 5 rings (SSSR count). The molecule has 2 atom stereocenters. The number of aromatic nitrogens is 1. The van der Waals surface area contributed by atoms with Crippen LogP contribution in [0.1, 0.15) is 17.0 Å². The standard InChI is InChI=1S/C22H18ClN5O3/c1-12-3-5-14(6-4-12)20-24-17(13(2)31-20)11-27-19-18(25-26-27)21(29)28(22(19)30)16-9-7-15(23)8-10-16/h3-10,18-19H,11H2,1-2H3/t18-,19-/m0/s1. The highest BCUT2D eigenvalue weighted by molar-refractivity contribution is 6.31. The number of carbonyl (C=O) groups excluding carboxylic acids is 2. The Balaban J connectivity index is 1.39. The van der Waals surface area contributed by atoms with Crippen molar-refractivity contribution < 1.29 is 14.0 Å². The molecule has 156 valence electrons. The fourth-order valence-corrected chi connectivity index (χ4v) is 3.87. The summed E-state index contributed by atoms with van der Waals surface area (Å²) in [4.78, 5) is 31.6. The summed E-state index contributed by atoms with van der Waals surface area (Å²) in [7, 11) is 0. The van der Waals surface area contributed by atoms with Gasteiger partial charge in [-0.1, -0.05) is 34.5 Å². The van der Waals surface area contributed by atoms with Crippen LogP contribution < -0.4 is 4.90 Å². The first-order valence-corrected chi connectivity index (χ1v) is 10.1. The summed E-state index contributed by atoms with van der Waals surface area (Å²) >= 11 is 5.92. The van der Waals surface area contributed by atoms with E-state index in [1.807, 2.05) is 38.1 Å². The van der Waals surface area contributed by atoms with Crippen LogP contribution in [0.3, 0.4) is 0 Å². The number of aryl methyl sites for hydroxylation is 2. The molecule has 1 fully saturated rings. The zero-order valence-corrected chi connectivity index (χ0v) is 17.6. The number of oxazole rings is 1. The third kappa shape index (κ3) is 3.29. The van der Waals surface area contributed by atoms with Crippen LogP contribution in [0.5, 0.6) is 0 Å². The molecule has 0 unspecified atom stereocenters. The normalized spacial score (nSPS) is 20.1. The monoisotopic (exact) mass is 435 g/mol. The van der Waals surface area contributed by atoms with Gasteiger partial charge in [0, 0.05) is 10.6 Å². The quantitative estimate of drug-likeness (QED) is 0.575. The Morgan fingerprint density at radius 2 is 1.71 bits per heavy atom. The van der Waals surface area contributed by atoms with E-state index in [1.54, 1.807) is 24.3 Å². The summed E-state index contributed by atoms with van der Waals surface area (Å²) in [5.74, 6) is 0.348. The minimum Gasteiger partial charge on any atom is -0.441 e. The van der Waals surface area contributed by atoms with Crippen LogP contribution >= 0.6 is 11.6 Å². The van der Waals surface area contributed by atoms with Crippen LogP contribution in [0.15, 0.2) is 63.3 Å². The summed E-state index contributed by atoms with van der Waals surface area (Å²) in [5.41, 5.74) is 3.11. The van der Waals surface area contributed by atoms with Crippen molar-refractivity contribution in [2.75, 3.05) is 4.90 Å². The van der Waals surface area contributed by atoms with Crippen molar-refractivity contribution in [2.24, 2.45) is 10.3 Å². The maximum Gasteiger partial charge on any atom is 0.263 e. The lowest BCUT2D eigenvalue weighted by Crippen LogP contribution is -2.39. The van der Waals surface area contributed by atoms with Crippen LogP contribution in [0.2, 0.25) is 5.02 Å². The van der Waals surface area contributed by atoms with E-state index in [9.17, 15) is 9.59 Å². The lowest BCUT2D eigenvalue weighted by Gasteiger charge is -2.19. The van der Waals surface area contributed by atoms with E-state index in [0.29, 0.717) is 28.1 Å². The number of benzene rings is 2. The topological polar surface area (TPSA) is 91.4 Å². The van der Waals surface area contributed by atoms with Crippen LogP contribution in [0, 0.1) is 13.8 Å². The third-order valence-electron chi connectivity index (χ3n) is 5.45. The van der Waals surface area contributed by atoms with Crippen LogP contribution in [0.4, 0.5) is 5.69 Å². The largest absolute Gasteiger partial charge is 0.441 e. The van der Waals surface area contributed by atoms with Gasteiger partial charge in [-0.05, 0) is 50.2 Å². The van der Waals surface area contributed by atoms with Gasteiger partial charge >= 0.3 is 0 Å². The predicted molar refractivity (Wildman–Crippen MR) is 113 cm³/mol. The number of amides is 2. The fraction of sp³-hybridized carbons (Fsp3) is 0.227. The Kier molecular flexibility index (Phi) is 4.59. The third-order valence-corrected chi connectivity index (χ3v) is 5.70. The maximum absolute atomic E-state index is 13.1. The molecule has 0 N–H and O–H groups in total. The molecule has 3 heterocycles. The van der Waals surface area contributed by atoms with Gasteiger partial charge in [-0.15, -0.1) is 0 Å². The second kappa shape index (κ2) is 7.31. The van der Waals surface area contributed by atoms with Gasteiger partial charge < -0.3 is 4.42 Å². The molecule has 9 heteroatoms. The van der Waals surface area contributed by atoms with Crippen molar-refractivity contribution in [1.29, 1.82) is 0 Å². The van der Waals surface area contributed by atoms with Crippen LogP contribution in [-0.4, -0.2) is 33.9 Å². The van der Waals surface area contributed by atoms with Gasteiger partial charge in [0.25, 0.3) is 11.8 Å². The number of nitrogens with zero attached hydrogens (tertiary/aromatic N) is 5. The molecule has 0 spiro atoms. The number of fused-ring (bicyclic) bond motifs is 1. The van der Waals surface area contributed by atoms with E-state index in [0.717, 1.165) is 16.0 Å². The summed E-state index contributed by atoms with van der Waals surface area (Å²) in [6, 6.07) is 12.7. The number of hydrogen-bond acceptors (Lipinski definition) is 7. The average molecular weight is 436 g/mol. The fourth-order valence-electron chi connectivity index (χ4n) is 3.75. The smallest absolute Gasteiger partial charge is 0.263 e. The van der Waals surface area contributed by atoms with Crippen molar-refractivity contribution in [3.05, 3.63) is 70.6 Å². The summed E-state index contributed by atoms with van der Waals surface area (Å²) in [6.07, 6.45) is 0. The molecule has 0 bridgehead atoms. The first kappa shape index (κ1) is 19.4. The van der Waals surface area contributed by atoms with Crippen molar-refractivity contribution in [3.8, 4) is 11.5 Å². The summed E-state index contributed by atoms with van der Waals surface area (Å²) in [5, 5.41) is 10.2. The van der Waals surface area contributed by atoms with Gasteiger partial charge in [-0.3, -0.25) is 14.6 Å². The molecular formula is C22H18ClN5O3. The number of halogens is 1. The second-order valence-corrected chi connectivity index (χ2v) is 8.00. The summed E-state index contributed by atoms with van der Waals surface area (Å²) in [6.45, 7) is 4.03. The van der Waals surface area contributed by atoms with Crippen molar-refractivity contribution in [2.45, 2.75) is 32.5 Å². The minimum atomic E-state index is -0.869. The molecule has 2 aromatic carbocycles. The molecule has 1 saturated heterocycles. The number of imide groups is 1. The van der Waals surface area contributed by atoms with Crippen molar-refractivity contribution >= 4 is 29.1 Å². The molecule has 2 amide bonds. The molecule has 0 aliphatic carbocycles. The first-order chi connectivity index (χ1) is 14.9. The lowest BCUT2D eigenvalue weighted by molar-refractivity contribution is -0.123. The van der Waals surface area contributed by atoms with Gasteiger partial charge in [0.15, 0.2) is 12.1 Å². The highest BCUT2D eigenvalue weighted by Crippen LogP contribution is 2.34. The number of rotatable bonds is 4. The molecule has 2 aliphatic rings. The van der Waals surface area contributed by atoms with E-state index < -0.39 is 18.0 Å². The highest BCUT2D eigenvalue weighted by Gasteiger charge is 2.54. The van der Waals surface area contributed by atoms with Gasteiger partial charge in [0.1, 0.15) is 11.5 Å². The Morgan fingerprint density at radius 3 is 2.42 bits per heavy atom. The Labute approximate surface area is 183 Å². The van der Waals surface area contributed by atoms with E-state index in [4.69, 9.17) is 16.0 Å². The second-order valence-electron chi connectivity index (χ2n) is 7.57. The predicted octanol–water partition coefficient (Wildman–Crippen LogP) is 4.11. The van der Waals surface area contributed by atoms with E-state index in [2.05, 4.69) is 15.3 Å². The number of anilines is 1. The molecule has 0 saturated carbocycles. The van der Waals surface area contributed by atoms with Crippen molar-refractivity contribution in [1.82, 2.24) is 9.99 Å². The summed E-state index contributed by atoms with van der Waals surface area (Å²) < 4.78 is 5.83. The number of hydrogen-bond donors (Lipinski definition) is 0. The average Bonchev–Trinajstić information content (AvgIpc) is 3.40. The zero-order valence-electron chi connectivity index (χ0n) is 16.8. The van der Waals surface area contributed by atoms with E-state index in [1.165, 1.54) is 5.01 Å².